The molecule has 1 amide bonds. The number of nitrogens with zero attached hydrogens (tertiary/aromatic N) is 1. The van der Waals surface area contributed by atoms with Gasteiger partial charge in [-0.05, 0) is 44.0 Å². The van der Waals surface area contributed by atoms with Crippen LogP contribution in [0.4, 0.5) is 4.79 Å². The molecular formula is C14H19NO3. The van der Waals surface area contributed by atoms with Crippen molar-refractivity contribution in [1.82, 2.24) is 4.90 Å². The van der Waals surface area contributed by atoms with Crippen molar-refractivity contribution in [3.63, 3.8) is 0 Å². The zero-order chi connectivity index (χ0) is 13.5. The molecule has 1 heterocycles. The number of aryl methyl sites for hydroxylation is 2. The molecule has 4 nitrogen and oxygen atoms in total. The molecule has 1 aliphatic rings. The Hall–Kier alpha value is -1.71. The number of carbonyl (C=O) groups is 1. The molecule has 0 saturated carbocycles. The third-order valence-corrected chi connectivity index (χ3v) is 3.55. The van der Waals surface area contributed by atoms with Crippen molar-refractivity contribution in [1.29, 1.82) is 0 Å². The lowest BCUT2D eigenvalue weighted by Gasteiger charge is -2.25. The Balaban J connectivity index is 2.51. The first kappa shape index (κ1) is 12.7. The highest BCUT2D eigenvalue weighted by Gasteiger charge is 2.43. The highest BCUT2D eigenvalue weighted by molar-refractivity contribution is 5.71. The summed E-state index contributed by atoms with van der Waals surface area (Å²) in [6.07, 6.45) is -0.294. The molecule has 2 rings (SSSR count). The molecule has 18 heavy (non-hydrogen) atoms. The minimum Gasteiger partial charge on any atom is -0.496 e. The summed E-state index contributed by atoms with van der Waals surface area (Å²) in [6.45, 7) is 6.53. The van der Waals surface area contributed by atoms with E-state index in [2.05, 4.69) is 0 Å². The third kappa shape index (κ3) is 1.92. The van der Waals surface area contributed by atoms with Crippen molar-refractivity contribution in [2.45, 2.75) is 26.4 Å². The molecular weight excluding hydrogens is 230 g/mol. The van der Waals surface area contributed by atoms with E-state index in [0.717, 1.165) is 22.4 Å². The van der Waals surface area contributed by atoms with E-state index in [0.29, 0.717) is 6.54 Å². The van der Waals surface area contributed by atoms with Crippen molar-refractivity contribution >= 4 is 6.09 Å². The number of cyclic esters (lactones) is 1. The van der Waals surface area contributed by atoms with Crippen LogP contribution in [-0.2, 0) is 10.3 Å². The molecule has 0 aliphatic carbocycles. The van der Waals surface area contributed by atoms with E-state index in [1.54, 1.807) is 19.1 Å². The summed E-state index contributed by atoms with van der Waals surface area (Å²) < 4.78 is 10.9. The largest absolute Gasteiger partial charge is 0.496 e. The van der Waals surface area contributed by atoms with Crippen molar-refractivity contribution in [3.05, 3.63) is 28.8 Å². The van der Waals surface area contributed by atoms with Gasteiger partial charge in [-0.25, -0.2) is 4.79 Å². The van der Waals surface area contributed by atoms with E-state index in [1.165, 1.54) is 0 Å². The predicted molar refractivity (Wildman–Crippen MR) is 68.9 cm³/mol. The fraction of sp³-hybridized carbons (Fsp3) is 0.500. The predicted octanol–water partition coefficient (Wildman–Crippen LogP) is 2.61. The molecule has 1 atom stereocenters. The standard InChI is InChI=1S/C14H19NO3/c1-9-6-11(12(17-5)7-10(9)2)14(3)8-15(4)13(16)18-14/h6-7H,8H2,1-5H3. The molecule has 4 heteroatoms. The Kier molecular flexibility index (Phi) is 2.97. The Morgan fingerprint density at radius 1 is 1.33 bits per heavy atom. The van der Waals surface area contributed by atoms with Crippen LogP contribution in [0.3, 0.4) is 0 Å². The number of methoxy groups -OCH3 is 1. The zero-order valence-corrected chi connectivity index (χ0v) is 11.5. The number of benzene rings is 1. The van der Waals surface area contributed by atoms with Crippen LogP contribution in [0.25, 0.3) is 0 Å². The van der Waals surface area contributed by atoms with Gasteiger partial charge in [0.2, 0.25) is 0 Å². The van der Waals surface area contributed by atoms with Crippen LogP contribution in [0.2, 0.25) is 0 Å². The summed E-state index contributed by atoms with van der Waals surface area (Å²) in [5.41, 5.74) is 2.61. The van der Waals surface area contributed by atoms with Crippen LogP contribution in [0.5, 0.6) is 5.75 Å². The van der Waals surface area contributed by atoms with Gasteiger partial charge in [0, 0.05) is 12.6 Å². The summed E-state index contributed by atoms with van der Waals surface area (Å²) in [7, 11) is 3.37. The van der Waals surface area contributed by atoms with Crippen molar-refractivity contribution in [2.24, 2.45) is 0 Å². The monoisotopic (exact) mass is 249 g/mol. The minimum absolute atomic E-state index is 0.294. The Morgan fingerprint density at radius 2 is 1.94 bits per heavy atom. The zero-order valence-electron chi connectivity index (χ0n) is 11.5. The molecule has 1 unspecified atom stereocenters. The molecule has 1 fully saturated rings. The summed E-state index contributed by atoms with van der Waals surface area (Å²) in [4.78, 5) is 13.2. The van der Waals surface area contributed by atoms with Crippen LogP contribution in [0, 0.1) is 13.8 Å². The quantitative estimate of drug-likeness (QED) is 0.808. The molecule has 1 aromatic rings. The molecule has 0 spiro atoms. The Labute approximate surface area is 107 Å². The van der Waals surface area contributed by atoms with Crippen LogP contribution >= 0.6 is 0 Å². The van der Waals surface area contributed by atoms with Crippen molar-refractivity contribution in [2.75, 3.05) is 20.7 Å². The second-order valence-electron chi connectivity index (χ2n) is 5.09. The number of likely N-dealkylation sites (N-methyl/N-ethyl adjacent to an activating group) is 1. The van der Waals surface area contributed by atoms with E-state index in [-0.39, 0.29) is 6.09 Å². The van der Waals surface area contributed by atoms with E-state index < -0.39 is 5.60 Å². The molecule has 0 radical (unpaired) electrons. The minimum atomic E-state index is -0.643. The van der Waals surface area contributed by atoms with Crippen molar-refractivity contribution < 1.29 is 14.3 Å². The average molecular weight is 249 g/mol. The summed E-state index contributed by atoms with van der Waals surface area (Å²) in [5, 5.41) is 0. The number of hydrogen-bond acceptors (Lipinski definition) is 3. The summed E-state index contributed by atoms with van der Waals surface area (Å²) in [6, 6.07) is 4.03. The molecule has 1 aromatic carbocycles. The van der Waals surface area contributed by atoms with E-state index in [9.17, 15) is 4.79 Å². The maximum atomic E-state index is 11.6. The van der Waals surface area contributed by atoms with Crippen LogP contribution in [-0.4, -0.2) is 31.7 Å². The van der Waals surface area contributed by atoms with Gasteiger partial charge in [0.15, 0.2) is 5.60 Å². The van der Waals surface area contributed by atoms with E-state index in [4.69, 9.17) is 9.47 Å². The Morgan fingerprint density at radius 3 is 2.44 bits per heavy atom. The highest BCUT2D eigenvalue weighted by Crippen LogP contribution is 2.38. The second kappa shape index (κ2) is 4.19. The maximum Gasteiger partial charge on any atom is 0.410 e. The topological polar surface area (TPSA) is 38.8 Å². The van der Waals surface area contributed by atoms with Crippen LogP contribution in [0.15, 0.2) is 12.1 Å². The lowest BCUT2D eigenvalue weighted by molar-refractivity contribution is 0.0680. The highest BCUT2D eigenvalue weighted by atomic mass is 16.6. The lowest BCUT2D eigenvalue weighted by atomic mass is 9.92. The van der Waals surface area contributed by atoms with Crippen molar-refractivity contribution in [3.8, 4) is 5.75 Å². The van der Waals surface area contributed by atoms with Gasteiger partial charge in [0.05, 0.1) is 13.7 Å². The lowest BCUT2D eigenvalue weighted by Crippen LogP contribution is -2.28. The molecule has 0 aromatic heterocycles. The van der Waals surface area contributed by atoms with Gasteiger partial charge in [-0.1, -0.05) is 0 Å². The molecule has 1 saturated heterocycles. The second-order valence-corrected chi connectivity index (χ2v) is 5.09. The SMILES string of the molecule is COc1cc(C)c(C)cc1C1(C)CN(C)C(=O)O1. The van der Waals surface area contributed by atoms with Crippen LogP contribution in [0.1, 0.15) is 23.6 Å². The third-order valence-electron chi connectivity index (χ3n) is 3.55. The fourth-order valence-electron chi connectivity index (χ4n) is 2.33. The van der Waals surface area contributed by atoms with Crippen LogP contribution < -0.4 is 4.74 Å². The van der Waals surface area contributed by atoms with Gasteiger partial charge in [0.1, 0.15) is 5.75 Å². The molecule has 1 aliphatic heterocycles. The molecule has 0 bridgehead atoms. The summed E-state index contributed by atoms with van der Waals surface area (Å²) >= 11 is 0. The first-order valence-electron chi connectivity index (χ1n) is 5.97. The Bertz CT molecular complexity index is 498. The smallest absolute Gasteiger partial charge is 0.410 e. The average Bonchev–Trinajstić information content (AvgIpc) is 2.57. The first-order valence-corrected chi connectivity index (χ1v) is 5.97. The number of ether oxygens (including phenoxy) is 2. The molecule has 0 N–H and O–H groups in total. The summed E-state index contributed by atoms with van der Waals surface area (Å²) in [5.74, 6) is 0.767. The number of carbonyl (C=O) groups excluding carboxylic acids is 1. The van der Waals surface area contributed by atoms with Gasteiger partial charge in [0.25, 0.3) is 0 Å². The van der Waals surface area contributed by atoms with Gasteiger partial charge in [-0.2, -0.15) is 0 Å². The fourth-order valence-corrected chi connectivity index (χ4v) is 2.33. The van der Waals surface area contributed by atoms with E-state index in [1.807, 2.05) is 32.9 Å². The number of amides is 1. The number of rotatable bonds is 2. The number of hydrogen-bond donors (Lipinski definition) is 0. The molecule has 98 valence electrons. The first-order chi connectivity index (χ1) is 8.37. The normalized spacial score (nSPS) is 23.2. The maximum absolute atomic E-state index is 11.6. The van der Waals surface area contributed by atoms with Gasteiger partial charge in [-0.15, -0.1) is 0 Å². The van der Waals surface area contributed by atoms with Gasteiger partial charge >= 0.3 is 6.09 Å². The van der Waals surface area contributed by atoms with E-state index >= 15 is 0 Å². The van der Waals surface area contributed by atoms with Gasteiger partial charge in [-0.3, -0.25) is 0 Å². The van der Waals surface area contributed by atoms with Gasteiger partial charge < -0.3 is 14.4 Å².